The largest absolute Gasteiger partial charge is 0.350 e. The van der Waals surface area contributed by atoms with Crippen LogP contribution in [0.15, 0.2) is 78.9 Å². The summed E-state index contributed by atoms with van der Waals surface area (Å²) in [6.45, 7) is 1.02. The highest BCUT2D eigenvalue weighted by molar-refractivity contribution is 6.10. The van der Waals surface area contributed by atoms with Crippen molar-refractivity contribution in [1.29, 1.82) is 0 Å². The number of aromatic nitrogens is 1. The summed E-state index contributed by atoms with van der Waals surface area (Å²) in [5.74, 6) is -0.153. The second-order valence-corrected chi connectivity index (χ2v) is 7.77. The Morgan fingerprint density at radius 2 is 1.52 bits per heavy atom. The second kappa shape index (κ2) is 12.4. The van der Waals surface area contributed by atoms with E-state index in [2.05, 4.69) is 34.6 Å². The Kier molecular flexibility index (Phi) is 9.95. The standard InChI is InChI=1S/C26H28N4O.2ClH/c27-15-7-12-21(28)17-29-26(31)25-24(19-10-5-2-6-11-19)22-16-20(13-14-23(22)30-25)18-8-3-1-4-9-18;;/h1-6,8-11,13-14,16,21,30H,7,12,15,17,27-28H2,(H,29,31);2*1H. The van der Waals surface area contributed by atoms with Crippen LogP contribution in [0.2, 0.25) is 0 Å². The van der Waals surface area contributed by atoms with Crippen LogP contribution >= 0.6 is 24.8 Å². The smallest absolute Gasteiger partial charge is 0.268 e. The molecule has 0 radical (unpaired) electrons. The summed E-state index contributed by atoms with van der Waals surface area (Å²) in [6, 6.07) is 26.4. The van der Waals surface area contributed by atoms with E-state index < -0.39 is 0 Å². The fraction of sp³-hybridized carbons (Fsp3) is 0.192. The Morgan fingerprint density at radius 1 is 0.879 bits per heavy atom. The van der Waals surface area contributed by atoms with E-state index in [1.54, 1.807) is 0 Å². The number of carbonyl (C=O) groups is 1. The third kappa shape index (κ3) is 6.15. The maximum absolute atomic E-state index is 13.1. The van der Waals surface area contributed by atoms with Gasteiger partial charge in [-0.05, 0) is 48.2 Å². The normalized spacial score (nSPS) is 11.3. The first-order valence-electron chi connectivity index (χ1n) is 10.7. The van der Waals surface area contributed by atoms with Gasteiger partial charge >= 0.3 is 0 Å². The molecule has 0 bridgehead atoms. The third-order valence-electron chi connectivity index (χ3n) is 5.50. The van der Waals surface area contributed by atoms with Gasteiger partial charge in [0.1, 0.15) is 5.69 Å². The molecule has 0 aliphatic carbocycles. The average Bonchev–Trinajstić information content (AvgIpc) is 3.21. The van der Waals surface area contributed by atoms with Crippen LogP contribution in [0.1, 0.15) is 23.3 Å². The van der Waals surface area contributed by atoms with Crippen molar-refractivity contribution in [2.75, 3.05) is 13.1 Å². The SMILES string of the molecule is Cl.Cl.NCCCC(N)CNC(=O)c1[nH]c2ccc(-c3ccccc3)cc2c1-c1ccccc1. The Labute approximate surface area is 206 Å². The molecule has 3 aromatic carbocycles. The lowest BCUT2D eigenvalue weighted by molar-refractivity contribution is 0.0947. The number of amides is 1. The maximum atomic E-state index is 13.1. The second-order valence-electron chi connectivity index (χ2n) is 7.77. The van der Waals surface area contributed by atoms with E-state index in [1.807, 2.05) is 54.6 Å². The molecule has 1 aromatic heterocycles. The van der Waals surface area contributed by atoms with Crippen molar-refractivity contribution < 1.29 is 4.79 Å². The van der Waals surface area contributed by atoms with Gasteiger partial charge in [0.15, 0.2) is 0 Å². The number of fused-ring (bicyclic) bond motifs is 1. The molecular weight excluding hydrogens is 455 g/mol. The summed E-state index contributed by atoms with van der Waals surface area (Å²) in [4.78, 5) is 16.5. The van der Waals surface area contributed by atoms with Gasteiger partial charge in [0.2, 0.25) is 0 Å². The number of hydrogen-bond acceptors (Lipinski definition) is 3. The molecule has 0 saturated heterocycles. The Morgan fingerprint density at radius 3 is 2.15 bits per heavy atom. The van der Waals surface area contributed by atoms with E-state index in [1.165, 1.54) is 0 Å². The van der Waals surface area contributed by atoms with Gasteiger partial charge in [-0.3, -0.25) is 4.79 Å². The van der Waals surface area contributed by atoms with Crippen molar-refractivity contribution in [3.8, 4) is 22.3 Å². The van der Waals surface area contributed by atoms with Gasteiger partial charge in [-0.25, -0.2) is 0 Å². The van der Waals surface area contributed by atoms with Gasteiger partial charge in [0, 0.05) is 29.1 Å². The highest BCUT2D eigenvalue weighted by Crippen LogP contribution is 2.35. The first-order valence-corrected chi connectivity index (χ1v) is 10.7. The van der Waals surface area contributed by atoms with Crippen LogP contribution < -0.4 is 16.8 Å². The molecule has 1 amide bonds. The highest BCUT2D eigenvalue weighted by atomic mass is 35.5. The summed E-state index contributed by atoms with van der Waals surface area (Å²) < 4.78 is 0. The Bertz CT molecular complexity index is 1160. The molecule has 7 heteroatoms. The van der Waals surface area contributed by atoms with Gasteiger partial charge in [0.25, 0.3) is 5.91 Å². The number of hydrogen-bond donors (Lipinski definition) is 4. The van der Waals surface area contributed by atoms with Gasteiger partial charge in [-0.2, -0.15) is 0 Å². The van der Waals surface area contributed by atoms with Crippen molar-refractivity contribution in [3.63, 3.8) is 0 Å². The molecule has 0 fully saturated rings. The summed E-state index contributed by atoms with van der Waals surface area (Å²) >= 11 is 0. The average molecular weight is 485 g/mol. The van der Waals surface area contributed by atoms with E-state index in [0.29, 0.717) is 18.8 Å². The van der Waals surface area contributed by atoms with Gasteiger partial charge < -0.3 is 21.8 Å². The molecule has 174 valence electrons. The van der Waals surface area contributed by atoms with Crippen LogP contribution in [0.5, 0.6) is 0 Å². The molecule has 5 nitrogen and oxygen atoms in total. The zero-order valence-corrected chi connectivity index (χ0v) is 19.9. The predicted molar refractivity (Wildman–Crippen MR) is 142 cm³/mol. The zero-order valence-electron chi connectivity index (χ0n) is 18.3. The van der Waals surface area contributed by atoms with Crippen molar-refractivity contribution in [3.05, 3.63) is 84.6 Å². The summed E-state index contributed by atoms with van der Waals surface area (Å²) in [7, 11) is 0. The fourth-order valence-corrected chi connectivity index (χ4v) is 3.87. The number of benzene rings is 3. The minimum Gasteiger partial charge on any atom is -0.350 e. The molecule has 0 saturated carbocycles. The fourth-order valence-electron chi connectivity index (χ4n) is 3.87. The monoisotopic (exact) mass is 484 g/mol. The Balaban J connectivity index is 0.00000193. The van der Waals surface area contributed by atoms with Crippen LogP contribution in [0, 0.1) is 0 Å². The molecule has 0 aliphatic rings. The molecule has 4 aromatic rings. The minimum atomic E-state index is -0.153. The first-order chi connectivity index (χ1) is 15.2. The topological polar surface area (TPSA) is 96.9 Å². The number of H-pyrrole nitrogens is 1. The van der Waals surface area contributed by atoms with Crippen LogP contribution in [-0.2, 0) is 0 Å². The molecule has 33 heavy (non-hydrogen) atoms. The lowest BCUT2D eigenvalue weighted by Crippen LogP contribution is -2.37. The number of halogens is 2. The lowest BCUT2D eigenvalue weighted by Gasteiger charge is -2.12. The zero-order chi connectivity index (χ0) is 21.6. The van der Waals surface area contributed by atoms with Crippen LogP contribution in [0.3, 0.4) is 0 Å². The lowest BCUT2D eigenvalue weighted by atomic mass is 9.98. The van der Waals surface area contributed by atoms with Crippen LogP contribution in [0.4, 0.5) is 0 Å². The molecule has 0 spiro atoms. The quantitative estimate of drug-likeness (QED) is 0.278. The molecule has 4 rings (SSSR count). The van der Waals surface area contributed by atoms with Crippen LogP contribution in [-0.4, -0.2) is 30.0 Å². The van der Waals surface area contributed by atoms with E-state index in [4.69, 9.17) is 11.5 Å². The first kappa shape index (κ1) is 26.4. The van der Waals surface area contributed by atoms with Gasteiger partial charge in [0.05, 0.1) is 0 Å². The Hall–Kier alpha value is -2.83. The predicted octanol–water partition coefficient (Wildman–Crippen LogP) is 5.14. The summed E-state index contributed by atoms with van der Waals surface area (Å²) in [5.41, 5.74) is 17.3. The highest BCUT2D eigenvalue weighted by Gasteiger charge is 2.20. The molecule has 1 unspecified atom stereocenters. The molecule has 1 heterocycles. The summed E-state index contributed by atoms with van der Waals surface area (Å²) in [6.07, 6.45) is 1.64. The van der Waals surface area contributed by atoms with Crippen molar-refractivity contribution in [2.24, 2.45) is 11.5 Å². The number of nitrogens with two attached hydrogens (primary N) is 2. The number of rotatable bonds is 8. The number of carbonyl (C=O) groups excluding carboxylic acids is 1. The van der Waals surface area contributed by atoms with Gasteiger partial charge in [-0.15, -0.1) is 24.8 Å². The molecule has 1 atom stereocenters. The van der Waals surface area contributed by atoms with Crippen molar-refractivity contribution in [2.45, 2.75) is 18.9 Å². The van der Waals surface area contributed by atoms with E-state index in [-0.39, 0.29) is 36.8 Å². The summed E-state index contributed by atoms with van der Waals surface area (Å²) in [5, 5.41) is 4.01. The van der Waals surface area contributed by atoms with E-state index in [0.717, 1.165) is 46.0 Å². The number of nitrogens with one attached hydrogen (secondary N) is 2. The van der Waals surface area contributed by atoms with Crippen molar-refractivity contribution >= 4 is 41.6 Å². The van der Waals surface area contributed by atoms with Crippen molar-refractivity contribution in [1.82, 2.24) is 10.3 Å². The molecule has 0 aliphatic heterocycles. The molecule has 6 N–H and O–H groups in total. The van der Waals surface area contributed by atoms with Gasteiger partial charge in [-0.1, -0.05) is 66.7 Å². The van der Waals surface area contributed by atoms with E-state index in [9.17, 15) is 4.79 Å². The maximum Gasteiger partial charge on any atom is 0.268 e. The molecular formula is C26H30Cl2N4O. The minimum absolute atomic E-state index is 0. The van der Waals surface area contributed by atoms with Crippen LogP contribution in [0.25, 0.3) is 33.2 Å². The number of aromatic amines is 1. The third-order valence-corrected chi connectivity index (χ3v) is 5.50. The van der Waals surface area contributed by atoms with E-state index >= 15 is 0 Å².